The summed E-state index contributed by atoms with van der Waals surface area (Å²) >= 11 is 4.63. The second kappa shape index (κ2) is 2.69. The molecule has 7 heavy (non-hydrogen) atoms. The summed E-state index contributed by atoms with van der Waals surface area (Å²) in [5.41, 5.74) is 4.99. The van der Waals surface area contributed by atoms with Crippen LogP contribution in [-0.4, -0.2) is 10.7 Å². The summed E-state index contributed by atoms with van der Waals surface area (Å²) in [4.78, 5) is 0.542. The standard InChI is InChI=1S/C4H8N2S/c1-2-3(7)4(5)6/h2H2,1H3,(H3,5,6). The number of amidine groups is 1. The van der Waals surface area contributed by atoms with E-state index in [2.05, 4.69) is 12.2 Å². The van der Waals surface area contributed by atoms with Crippen molar-refractivity contribution in [2.75, 3.05) is 0 Å². The van der Waals surface area contributed by atoms with E-state index in [0.29, 0.717) is 11.3 Å². The van der Waals surface area contributed by atoms with Gasteiger partial charge in [0, 0.05) is 0 Å². The molecule has 0 aromatic rings. The molecule has 0 aliphatic heterocycles. The molecule has 0 atom stereocenters. The van der Waals surface area contributed by atoms with Crippen molar-refractivity contribution in [2.24, 2.45) is 5.73 Å². The Balaban J connectivity index is 3.58. The molecule has 0 amide bonds. The van der Waals surface area contributed by atoms with Gasteiger partial charge in [-0.3, -0.25) is 5.41 Å². The summed E-state index contributed by atoms with van der Waals surface area (Å²) in [5, 5.41) is 6.74. The quantitative estimate of drug-likeness (QED) is 0.317. The van der Waals surface area contributed by atoms with Gasteiger partial charge >= 0.3 is 0 Å². The molecule has 0 bridgehead atoms. The molecule has 40 valence electrons. The van der Waals surface area contributed by atoms with E-state index in [9.17, 15) is 0 Å². The van der Waals surface area contributed by atoms with Crippen LogP contribution in [0.25, 0.3) is 0 Å². The average molecular weight is 116 g/mol. The number of hydrogen-bond donors (Lipinski definition) is 2. The largest absolute Gasteiger partial charge is 0.383 e. The summed E-state index contributed by atoms with van der Waals surface area (Å²) in [7, 11) is 0. The Labute approximate surface area is 48.2 Å². The Bertz CT molecular complexity index is 97.9. The summed E-state index contributed by atoms with van der Waals surface area (Å²) in [6.07, 6.45) is 0.699. The van der Waals surface area contributed by atoms with E-state index in [1.165, 1.54) is 0 Å². The van der Waals surface area contributed by atoms with Gasteiger partial charge < -0.3 is 5.73 Å². The summed E-state index contributed by atoms with van der Waals surface area (Å²) in [6, 6.07) is 0. The van der Waals surface area contributed by atoms with Crippen LogP contribution in [-0.2, 0) is 0 Å². The normalized spacial score (nSPS) is 8.14. The maximum absolute atomic E-state index is 6.74. The highest BCUT2D eigenvalue weighted by atomic mass is 32.1. The third-order valence-corrected chi connectivity index (χ3v) is 1.13. The van der Waals surface area contributed by atoms with Crippen molar-refractivity contribution >= 4 is 22.9 Å². The Morgan fingerprint density at radius 3 is 2.29 bits per heavy atom. The lowest BCUT2D eigenvalue weighted by molar-refractivity contribution is 1.32. The Morgan fingerprint density at radius 2 is 2.29 bits per heavy atom. The molecule has 0 saturated carbocycles. The van der Waals surface area contributed by atoms with E-state index in [-0.39, 0.29) is 5.84 Å². The fourth-order valence-corrected chi connectivity index (χ4v) is 0.190. The van der Waals surface area contributed by atoms with Gasteiger partial charge in [-0.1, -0.05) is 19.1 Å². The molecule has 2 nitrogen and oxygen atoms in total. The highest BCUT2D eigenvalue weighted by Crippen LogP contribution is 1.80. The van der Waals surface area contributed by atoms with Gasteiger partial charge in [0.1, 0.15) is 5.84 Å². The molecule has 0 aromatic heterocycles. The summed E-state index contributed by atoms with van der Waals surface area (Å²) in [5.74, 6) is 0.0255. The predicted octanol–water partition coefficient (Wildman–Crippen LogP) is 0.702. The number of rotatable bonds is 2. The third kappa shape index (κ3) is 2.28. The Kier molecular flexibility index (Phi) is 2.52. The minimum Gasteiger partial charge on any atom is -0.383 e. The third-order valence-electron chi connectivity index (χ3n) is 0.622. The molecule has 0 aromatic carbocycles. The fraction of sp³-hybridized carbons (Fsp3) is 0.500. The molecular weight excluding hydrogens is 108 g/mol. The predicted molar refractivity (Wildman–Crippen MR) is 34.8 cm³/mol. The molecule has 0 radical (unpaired) electrons. The molecule has 3 N–H and O–H groups in total. The number of nitrogens with two attached hydrogens (primary N) is 1. The van der Waals surface area contributed by atoms with Gasteiger partial charge in [0.25, 0.3) is 0 Å². The molecule has 0 rings (SSSR count). The van der Waals surface area contributed by atoms with Gasteiger partial charge in [0.2, 0.25) is 0 Å². The lowest BCUT2D eigenvalue weighted by Gasteiger charge is -1.90. The van der Waals surface area contributed by atoms with Crippen LogP contribution < -0.4 is 5.73 Å². The molecule has 0 unspecified atom stereocenters. The fourth-order valence-electron chi connectivity index (χ4n) is 0.190. The maximum atomic E-state index is 6.74. The van der Waals surface area contributed by atoms with Crippen LogP contribution in [0.3, 0.4) is 0 Å². The second-order valence-electron chi connectivity index (χ2n) is 1.19. The Hall–Kier alpha value is -0.440. The van der Waals surface area contributed by atoms with E-state index in [1.807, 2.05) is 6.92 Å². The molecule has 0 aliphatic carbocycles. The average Bonchev–Trinajstić information content (AvgIpc) is 1.65. The zero-order chi connectivity index (χ0) is 5.86. The van der Waals surface area contributed by atoms with Gasteiger partial charge in [-0.2, -0.15) is 0 Å². The van der Waals surface area contributed by atoms with Crippen molar-refractivity contribution < 1.29 is 0 Å². The van der Waals surface area contributed by atoms with Crippen LogP contribution in [0.5, 0.6) is 0 Å². The van der Waals surface area contributed by atoms with Crippen molar-refractivity contribution in [3.05, 3.63) is 0 Å². The first-order chi connectivity index (χ1) is 3.18. The van der Waals surface area contributed by atoms with Gasteiger partial charge in [0.05, 0.1) is 4.86 Å². The minimum atomic E-state index is 0.0255. The van der Waals surface area contributed by atoms with E-state index in [0.717, 1.165) is 0 Å². The monoisotopic (exact) mass is 116 g/mol. The van der Waals surface area contributed by atoms with Gasteiger partial charge in [-0.15, -0.1) is 0 Å². The number of nitrogens with one attached hydrogen (secondary N) is 1. The van der Waals surface area contributed by atoms with E-state index >= 15 is 0 Å². The molecule has 3 heteroatoms. The molecule has 0 aliphatic rings. The van der Waals surface area contributed by atoms with Crippen molar-refractivity contribution in [3.63, 3.8) is 0 Å². The highest BCUT2D eigenvalue weighted by molar-refractivity contribution is 7.82. The zero-order valence-electron chi connectivity index (χ0n) is 4.19. The molecule has 0 spiro atoms. The SMILES string of the molecule is CCC(=S)C(=N)N. The first-order valence-corrected chi connectivity index (χ1v) is 2.46. The topological polar surface area (TPSA) is 49.9 Å². The van der Waals surface area contributed by atoms with Crippen molar-refractivity contribution in [1.82, 2.24) is 0 Å². The smallest absolute Gasteiger partial charge is 0.129 e. The first-order valence-electron chi connectivity index (χ1n) is 2.05. The van der Waals surface area contributed by atoms with Crippen LogP contribution in [0.2, 0.25) is 0 Å². The molecule has 0 saturated heterocycles. The molecule has 0 fully saturated rings. The van der Waals surface area contributed by atoms with Gasteiger partial charge in [0.15, 0.2) is 0 Å². The van der Waals surface area contributed by atoms with Crippen molar-refractivity contribution in [1.29, 1.82) is 5.41 Å². The summed E-state index contributed by atoms with van der Waals surface area (Å²) < 4.78 is 0. The summed E-state index contributed by atoms with van der Waals surface area (Å²) in [6.45, 7) is 1.88. The number of thiocarbonyl (C=S) groups is 1. The van der Waals surface area contributed by atoms with E-state index in [1.54, 1.807) is 0 Å². The van der Waals surface area contributed by atoms with E-state index < -0.39 is 0 Å². The Morgan fingerprint density at radius 1 is 1.86 bits per heavy atom. The second-order valence-corrected chi connectivity index (χ2v) is 1.68. The maximum Gasteiger partial charge on any atom is 0.129 e. The van der Waals surface area contributed by atoms with Crippen molar-refractivity contribution in [2.45, 2.75) is 13.3 Å². The number of hydrogen-bond acceptors (Lipinski definition) is 2. The molecular formula is C4H8N2S. The van der Waals surface area contributed by atoms with Gasteiger partial charge in [-0.25, -0.2) is 0 Å². The highest BCUT2D eigenvalue weighted by Gasteiger charge is 1.91. The van der Waals surface area contributed by atoms with Crippen LogP contribution in [0.15, 0.2) is 0 Å². The van der Waals surface area contributed by atoms with Crippen LogP contribution in [0.1, 0.15) is 13.3 Å². The lowest BCUT2D eigenvalue weighted by atomic mass is 10.3. The van der Waals surface area contributed by atoms with Crippen molar-refractivity contribution in [3.8, 4) is 0 Å². The molecule has 0 heterocycles. The van der Waals surface area contributed by atoms with Crippen LogP contribution in [0, 0.1) is 5.41 Å². The lowest BCUT2D eigenvalue weighted by Crippen LogP contribution is -2.18. The first kappa shape index (κ1) is 6.56. The van der Waals surface area contributed by atoms with E-state index in [4.69, 9.17) is 11.1 Å². The van der Waals surface area contributed by atoms with Crippen LogP contribution >= 0.6 is 12.2 Å². The van der Waals surface area contributed by atoms with Crippen LogP contribution in [0.4, 0.5) is 0 Å². The van der Waals surface area contributed by atoms with Gasteiger partial charge in [-0.05, 0) is 6.42 Å². The zero-order valence-corrected chi connectivity index (χ0v) is 5.01. The minimum absolute atomic E-state index is 0.0255.